The fraction of sp³-hybridized carbons (Fsp3) is 0.241. The smallest absolute Gasteiger partial charge is 0.251 e. The number of thiazole rings is 1. The molecule has 1 aromatic heterocycles. The Morgan fingerprint density at radius 1 is 0.944 bits per heavy atom. The highest BCUT2D eigenvalue weighted by atomic mass is 32.1. The largest absolute Gasteiger partial charge is 0.497 e. The van der Waals surface area contributed by atoms with E-state index < -0.39 is 0 Å². The van der Waals surface area contributed by atoms with Crippen LogP contribution in [0.3, 0.4) is 0 Å². The van der Waals surface area contributed by atoms with Gasteiger partial charge >= 0.3 is 0 Å². The van der Waals surface area contributed by atoms with Crippen molar-refractivity contribution in [3.63, 3.8) is 0 Å². The molecule has 0 radical (unpaired) electrons. The molecule has 6 nitrogen and oxygen atoms in total. The maximum absolute atomic E-state index is 12.4. The van der Waals surface area contributed by atoms with Crippen molar-refractivity contribution in [2.75, 3.05) is 25.7 Å². The predicted molar refractivity (Wildman–Crippen MR) is 144 cm³/mol. The lowest BCUT2D eigenvalue weighted by atomic mass is 10.1. The van der Waals surface area contributed by atoms with Crippen molar-refractivity contribution < 1.29 is 14.3 Å². The molecule has 0 spiro atoms. The molecule has 1 N–H and O–H groups in total. The summed E-state index contributed by atoms with van der Waals surface area (Å²) in [6.45, 7) is 1.39. The minimum atomic E-state index is -0.00971. The lowest BCUT2D eigenvalue weighted by Gasteiger charge is -2.22. The minimum absolute atomic E-state index is 0.00971. The van der Waals surface area contributed by atoms with Crippen molar-refractivity contribution in [3.8, 4) is 22.8 Å². The van der Waals surface area contributed by atoms with Gasteiger partial charge in [0.1, 0.15) is 11.5 Å². The van der Waals surface area contributed by atoms with Crippen LogP contribution < -0.4 is 19.7 Å². The third kappa shape index (κ3) is 5.69. The number of aromatic nitrogens is 1. The number of anilines is 2. The summed E-state index contributed by atoms with van der Waals surface area (Å²) in [5, 5.41) is 5.99. The standard InChI is InChI=1S/C29H29N3O3S/c1-34-25-13-9-22(10-14-25)27-19-36-29(31-27)32(24-11-15-26(35-2)16-12-24)18-21-5-7-23(8-6-21)28(33)30-17-20-3-4-20/h5-16,19-20H,3-4,17-18H2,1-2H3,(H,30,33). The number of hydrogen-bond acceptors (Lipinski definition) is 6. The van der Waals surface area contributed by atoms with Crippen molar-refractivity contribution in [2.45, 2.75) is 19.4 Å². The Labute approximate surface area is 215 Å². The lowest BCUT2D eigenvalue weighted by molar-refractivity contribution is 0.0952. The summed E-state index contributed by atoms with van der Waals surface area (Å²) in [5.41, 5.74) is 4.74. The van der Waals surface area contributed by atoms with E-state index in [0.717, 1.165) is 45.7 Å². The Hall–Kier alpha value is -3.84. The SMILES string of the molecule is COc1ccc(-c2csc(N(Cc3ccc(C(=O)NCC4CC4)cc3)c3ccc(OC)cc3)n2)cc1. The first kappa shape index (κ1) is 23.9. The summed E-state index contributed by atoms with van der Waals surface area (Å²) in [6.07, 6.45) is 2.44. The Balaban J connectivity index is 1.38. The van der Waals surface area contributed by atoms with Crippen LogP contribution in [-0.2, 0) is 6.54 Å². The van der Waals surface area contributed by atoms with E-state index in [-0.39, 0.29) is 5.91 Å². The topological polar surface area (TPSA) is 63.7 Å². The van der Waals surface area contributed by atoms with Gasteiger partial charge in [0.15, 0.2) is 5.13 Å². The number of rotatable bonds is 10. The molecule has 0 unspecified atom stereocenters. The summed E-state index contributed by atoms with van der Waals surface area (Å²) in [6, 6.07) is 23.7. The fourth-order valence-electron chi connectivity index (χ4n) is 3.92. The fourth-order valence-corrected chi connectivity index (χ4v) is 4.77. The van der Waals surface area contributed by atoms with E-state index in [9.17, 15) is 4.79 Å². The molecule has 36 heavy (non-hydrogen) atoms. The van der Waals surface area contributed by atoms with Crippen LogP contribution in [-0.4, -0.2) is 31.7 Å². The molecule has 0 bridgehead atoms. The van der Waals surface area contributed by atoms with Gasteiger partial charge in [-0.2, -0.15) is 0 Å². The quantitative estimate of drug-likeness (QED) is 0.277. The van der Waals surface area contributed by atoms with E-state index >= 15 is 0 Å². The van der Waals surface area contributed by atoms with Crippen LogP contribution in [0.15, 0.2) is 78.2 Å². The van der Waals surface area contributed by atoms with Crippen LogP contribution in [0.2, 0.25) is 0 Å². The summed E-state index contributed by atoms with van der Waals surface area (Å²) in [7, 11) is 3.33. The van der Waals surface area contributed by atoms with Gasteiger partial charge in [0.25, 0.3) is 5.91 Å². The Bertz CT molecular complexity index is 1300. The summed E-state index contributed by atoms with van der Waals surface area (Å²) in [4.78, 5) is 19.6. The third-order valence-electron chi connectivity index (χ3n) is 6.30. The van der Waals surface area contributed by atoms with Crippen molar-refractivity contribution in [3.05, 3.63) is 89.3 Å². The van der Waals surface area contributed by atoms with Crippen LogP contribution in [0.25, 0.3) is 11.3 Å². The molecule has 5 rings (SSSR count). The van der Waals surface area contributed by atoms with Gasteiger partial charge in [0, 0.05) is 28.7 Å². The van der Waals surface area contributed by atoms with Gasteiger partial charge in [-0.1, -0.05) is 12.1 Å². The second-order valence-corrected chi connectivity index (χ2v) is 9.71. The summed E-state index contributed by atoms with van der Waals surface area (Å²) in [5.74, 6) is 2.27. The van der Waals surface area contributed by atoms with Crippen LogP contribution in [0.1, 0.15) is 28.8 Å². The number of benzene rings is 3. The number of nitrogens with one attached hydrogen (secondary N) is 1. The molecule has 0 saturated heterocycles. The molecule has 0 aliphatic heterocycles. The molecule has 1 aliphatic carbocycles. The van der Waals surface area contributed by atoms with Crippen molar-refractivity contribution in [1.82, 2.24) is 10.3 Å². The number of carbonyl (C=O) groups excluding carboxylic acids is 1. The van der Waals surface area contributed by atoms with Gasteiger partial charge in [-0.05, 0) is 85.0 Å². The predicted octanol–water partition coefficient (Wildman–Crippen LogP) is 6.31. The molecule has 1 fully saturated rings. The molecule has 0 atom stereocenters. The monoisotopic (exact) mass is 499 g/mol. The van der Waals surface area contributed by atoms with E-state index in [2.05, 4.69) is 15.6 Å². The molecule has 1 amide bonds. The van der Waals surface area contributed by atoms with Crippen LogP contribution in [0.4, 0.5) is 10.8 Å². The second-order valence-electron chi connectivity index (χ2n) is 8.88. The average Bonchev–Trinajstić information content (AvgIpc) is 3.64. The molecule has 1 aliphatic rings. The van der Waals surface area contributed by atoms with Gasteiger partial charge in [0.05, 0.1) is 26.5 Å². The van der Waals surface area contributed by atoms with E-state index in [1.165, 1.54) is 12.8 Å². The number of methoxy groups -OCH3 is 2. The molecular weight excluding hydrogens is 470 g/mol. The second kappa shape index (κ2) is 10.8. The average molecular weight is 500 g/mol. The van der Waals surface area contributed by atoms with Crippen molar-refractivity contribution in [1.29, 1.82) is 0 Å². The van der Waals surface area contributed by atoms with Gasteiger partial charge in [0.2, 0.25) is 0 Å². The van der Waals surface area contributed by atoms with E-state index in [1.807, 2.05) is 72.8 Å². The highest BCUT2D eigenvalue weighted by Gasteiger charge is 2.22. The van der Waals surface area contributed by atoms with Crippen molar-refractivity contribution in [2.24, 2.45) is 5.92 Å². The third-order valence-corrected chi connectivity index (χ3v) is 7.16. The Morgan fingerprint density at radius 2 is 1.58 bits per heavy atom. The van der Waals surface area contributed by atoms with Crippen LogP contribution in [0.5, 0.6) is 11.5 Å². The molecule has 1 heterocycles. The zero-order chi connectivity index (χ0) is 24.9. The molecule has 7 heteroatoms. The Morgan fingerprint density at radius 3 is 2.19 bits per heavy atom. The zero-order valence-corrected chi connectivity index (χ0v) is 21.3. The maximum atomic E-state index is 12.4. The molecule has 4 aromatic rings. The van der Waals surface area contributed by atoms with Gasteiger partial charge in [-0.25, -0.2) is 4.98 Å². The highest BCUT2D eigenvalue weighted by Crippen LogP contribution is 2.35. The summed E-state index contributed by atoms with van der Waals surface area (Å²) < 4.78 is 10.6. The van der Waals surface area contributed by atoms with E-state index in [4.69, 9.17) is 14.5 Å². The zero-order valence-electron chi connectivity index (χ0n) is 20.4. The van der Waals surface area contributed by atoms with Gasteiger partial charge in [-0.3, -0.25) is 4.79 Å². The molecule has 3 aromatic carbocycles. The number of carbonyl (C=O) groups is 1. The van der Waals surface area contributed by atoms with Crippen LogP contribution in [0, 0.1) is 5.92 Å². The normalized spacial score (nSPS) is 12.7. The Kier molecular flexibility index (Phi) is 7.18. The van der Waals surface area contributed by atoms with Gasteiger partial charge < -0.3 is 19.7 Å². The number of amides is 1. The maximum Gasteiger partial charge on any atom is 0.251 e. The van der Waals surface area contributed by atoms with E-state index in [0.29, 0.717) is 18.0 Å². The molecule has 1 saturated carbocycles. The lowest BCUT2D eigenvalue weighted by Crippen LogP contribution is -2.25. The first-order valence-electron chi connectivity index (χ1n) is 12.0. The van der Waals surface area contributed by atoms with Gasteiger partial charge in [-0.15, -0.1) is 11.3 Å². The molecular formula is C29H29N3O3S. The first-order valence-corrected chi connectivity index (χ1v) is 12.9. The number of nitrogens with zero attached hydrogens (tertiary/aromatic N) is 2. The summed E-state index contributed by atoms with van der Waals surface area (Å²) >= 11 is 1.60. The van der Waals surface area contributed by atoms with Crippen LogP contribution >= 0.6 is 11.3 Å². The number of hydrogen-bond donors (Lipinski definition) is 1. The number of ether oxygens (including phenoxy) is 2. The minimum Gasteiger partial charge on any atom is -0.497 e. The van der Waals surface area contributed by atoms with Crippen molar-refractivity contribution >= 4 is 28.1 Å². The highest BCUT2D eigenvalue weighted by molar-refractivity contribution is 7.14. The first-order chi connectivity index (χ1) is 17.6. The van der Waals surface area contributed by atoms with E-state index in [1.54, 1.807) is 25.6 Å². The molecule has 184 valence electrons.